The molecule has 0 aliphatic heterocycles. The number of carbonyl (C=O) groups is 2. The second kappa shape index (κ2) is 5.64. The highest BCUT2D eigenvalue weighted by Crippen LogP contribution is 2.31. The number of rotatable bonds is 5. The van der Waals surface area contributed by atoms with Crippen molar-refractivity contribution in [3.63, 3.8) is 0 Å². The maximum absolute atomic E-state index is 12.7. The molecule has 1 aromatic rings. The van der Waals surface area contributed by atoms with Crippen LogP contribution in [0.25, 0.3) is 0 Å². The van der Waals surface area contributed by atoms with Gasteiger partial charge < -0.3 is 14.1 Å². The van der Waals surface area contributed by atoms with Crippen LogP contribution in [-0.2, 0) is 9.53 Å². The van der Waals surface area contributed by atoms with Crippen LogP contribution in [0.5, 0.6) is 0 Å². The average molecular weight is 280 g/mol. The van der Waals surface area contributed by atoms with Crippen molar-refractivity contribution in [1.82, 2.24) is 9.88 Å². The van der Waals surface area contributed by atoms with E-state index < -0.39 is 12.0 Å². The standard InChI is InChI=1S/C14H20N2O4/c1-8(2)12-11(15-7-20-12)13(17)16(10-5-6-10)9(3)14(18)19-4/h7-10H,5-6H2,1-4H3/t9-/m1/s1. The van der Waals surface area contributed by atoms with E-state index in [1.807, 2.05) is 13.8 Å². The molecule has 0 spiro atoms. The molecule has 1 aliphatic carbocycles. The molecule has 1 saturated carbocycles. The van der Waals surface area contributed by atoms with E-state index in [9.17, 15) is 9.59 Å². The second-order valence-electron chi connectivity index (χ2n) is 5.36. The summed E-state index contributed by atoms with van der Waals surface area (Å²) in [6.45, 7) is 5.54. The minimum absolute atomic E-state index is 0.0611. The molecule has 1 aliphatic rings. The van der Waals surface area contributed by atoms with E-state index in [4.69, 9.17) is 9.15 Å². The Morgan fingerprint density at radius 3 is 2.55 bits per heavy atom. The number of nitrogens with zero attached hydrogens (tertiary/aromatic N) is 2. The van der Waals surface area contributed by atoms with Crippen LogP contribution in [-0.4, -0.2) is 41.0 Å². The highest BCUT2D eigenvalue weighted by molar-refractivity contribution is 5.96. The summed E-state index contributed by atoms with van der Waals surface area (Å²) in [6.07, 6.45) is 3.08. The number of methoxy groups -OCH3 is 1. The van der Waals surface area contributed by atoms with Gasteiger partial charge in [0, 0.05) is 12.0 Å². The molecular weight excluding hydrogens is 260 g/mol. The minimum Gasteiger partial charge on any atom is -0.467 e. The molecular formula is C14H20N2O4. The molecule has 6 nitrogen and oxygen atoms in total. The van der Waals surface area contributed by atoms with Gasteiger partial charge in [-0.25, -0.2) is 9.78 Å². The molecule has 0 saturated heterocycles. The van der Waals surface area contributed by atoms with E-state index in [2.05, 4.69) is 4.98 Å². The Morgan fingerprint density at radius 1 is 1.40 bits per heavy atom. The van der Waals surface area contributed by atoms with E-state index in [0.717, 1.165) is 12.8 Å². The van der Waals surface area contributed by atoms with E-state index in [1.165, 1.54) is 13.5 Å². The zero-order valence-electron chi connectivity index (χ0n) is 12.3. The first kappa shape index (κ1) is 14.6. The summed E-state index contributed by atoms with van der Waals surface area (Å²) in [5.41, 5.74) is 0.294. The third-order valence-corrected chi connectivity index (χ3v) is 3.46. The van der Waals surface area contributed by atoms with Gasteiger partial charge in [-0.15, -0.1) is 0 Å². The maximum Gasteiger partial charge on any atom is 0.328 e. The van der Waals surface area contributed by atoms with Crippen LogP contribution in [0.1, 0.15) is 55.8 Å². The van der Waals surface area contributed by atoms with Crippen molar-refractivity contribution in [1.29, 1.82) is 0 Å². The van der Waals surface area contributed by atoms with Crippen LogP contribution in [0, 0.1) is 0 Å². The Hall–Kier alpha value is -1.85. The molecule has 1 aromatic heterocycles. The molecule has 0 N–H and O–H groups in total. The molecule has 6 heteroatoms. The van der Waals surface area contributed by atoms with Gasteiger partial charge in [-0.1, -0.05) is 13.8 Å². The van der Waals surface area contributed by atoms with E-state index >= 15 is 0 Å². The lowest BCUT2D eigenvalue weighted by Gasteiger charge is -2.27. The fraction of sp³-hybridized carbons (Fsp3) is 0.643. The first-order chi connectivity index (χ1) is 9.47. The summed E-state index contributed by atoms with van der Waals surface area (Å²) < 4.78 is 10.0. The fourth-order valence-electron chi connectivity index (χ4n) is 2.24. The highest BCUT2D eigenvalue weighted by Gasteiger charge is 2.41. The number of carbonyl (C=O) groups excluding carboxylic acids is 2. The van der Waals surface area contributed by atoms with Crippen LogP contribution >= 0.6 is 0 Å². The van der Waals surface area contributed by atoms with Gasteiger partial charge in [0.05, 0.1) is 7.11 Å². The number of amides is 1. The Balaban J connectivity index is 2.27. The van der Waals surface area contributed by atoms with E-state index in [0.29, 0.717) is 11.5 Å². The Kier molecular flexibility index (Phi) is 4.11. The van der Waals surface area contributed by atoms with Crippen molar-refractivity contribution in [3.05, 3.63) is 17.8 Å². The zero-order valence-corrected chi connectivity index (χ0v) is 12.3. The average Bonchev–Trinajstić information content (AvgIpc) is 3.11. The van der Waals surface area contributed by atoms with Gasteiger partial charge in [-0.05, 0) is 19.8 Å². The summed E-state index contributed by atoms with van der Waals surface area (Å²) >= 11 is 0. The number of esters is 1. The lowest BCUT2D eigenvalue weighted by molar-refractivity contribution is -0.145. The quantitative estimate of drug-likeness (QED) is 0.771. The topological polar surface area (TPSA) is 72.6 Å². The normalized spacial score (nSPS) is 16.1. The van der Waals surface area contributed by atoms with Crippen molar-refractivity contribution in [2.75, 3.05) is 7.11 Å². The summed E-state index contributed by atoms with van der Waals surface area (Å²) in [4.78, 5) is 30.0. The van der Waals surface area contributed by atoms with Crippen LogP contribution in [0.3, 0.4) is 0 Å². The van der Waals surface area contributed by atoms with Crippen LogP contribution < -0.4 is 0 Å². The Morgan fingerprint density at radius 2 is 2.05 bits per heavy atom. The van der Waals surface area contributed by atoms with Gasteiger partial charge in [0.25, 0.3) is 5.91 Å². The van der Waals surface area contributed by atoms with Gasteiger partial charge in [-0.3, -0.25) is 4.79 Å². The van der Waals surface area contributed by atoms with Gasteiger partial charge in [0.1, 0.15) is 11.8 Å². The minimum atomic E-state index is -0.614. The molecule has 1 heterocycles. The number of aromatic nitrogens is 1. The third kappa shape index (κ3) is 2.69. The first-order valence-electron chi connectivity index (χ1n) is 6.81. The molecule has 110 valence electrons. The highest BCUT2D eigenvalue weighted by atomic mass is 16.5. The SMILES string of the molecule is COC(=O)[C@@H](C)N(C(=O)c1ncoc1C(C)C)C1CC1. The molecule has 0 unspecified atom stereocenters. The van der Waals surface area contributed by atoms with Crippen LogP contribution in [0.4, 0.5) is 0 Å². The van der Waals surface area contributed by atoms with Gasteiger partial charge in [0.15, 0.2) is 12.1 Å². The van der Waals surface area contributed by atoms with Crippen molar-refractivity contribution < 1.29 is 18.7 Å². The van der Waals surface area contributed by atoms with Crippen molar-refractivity contribution >= 4 is 11.9 Å². The van der Waals surface area contributed by atoms with Gasteiger partial charge in [0.2, 0.25) is 0 Å². The van der Waals surface area contributed by atoms with Crippen LogP contribution in [0.2, 0.25) is 0 Å². The third-order valence-electron chi connectivity index (χ3n) is 3.46. The molecule has 0 radical (unpaired) electrons. The number of hydrogen-bond donors (Lipinski definition) is 0. The van der Waals surface area contributed by atoms with Crippen molar-refractivity contribution in [3.8, 4) is 0 Å². The smallest absolute Gasteiger partial charge is 0.328 e. The predicted molar refractivity (Wildman–Crippen MR) is 71.3 cm³/mol. The predicted octanol–water partition coefficient (Wildman–Crippen LogP) is 1.96. The summed E-state index contributed by atoms with van der Waals surface area (Å²) in [5, 5.41) is 0. The molecule has 0 aromatic carbocycles. The first-order valence-corrected chi connectivity index (χ1v) is 6.81. The van der Waals surface area contributed by atoms with Gasteiger partial charge in [-0.2, -0.15) is 0 Å². The van der Waals surface area contributed by atoms with E-state index in [-0.39, 0.29) is 17.9 Å². The molecule has 1 fully saturated rings. The maximum atomic E-state index is 12.7. The number of ether oxygens (including phenoxy) is 1. The molecule has 1 atom stereocenters. The lowest BCUT2D eigenvalue weighted by Crippen LogP contribution is -2.45. The summed E-state index contributed by atoms with van der Waals surface area (Å²) in [5.74, 6) is -0.0636. The van der Waals surface area contributed by atoms with Crippen molar-refractivity contribution in [2.24, 2.45) is 0 Å². The van der Waals surface area contributed by atoms with Gasteiger partial charge >= 0.3 is 5.97 Å². The molecule has 20 heavy (non-hydrogen) atoms. The Bertz CT molecular complexity index is 505. The lowest BCUT2D eigenvalue weighted by atomic mass is 10.1. The van der Waals surface area contributed by atoms with Crippen LogP contribution in [0.15, 0.2) is 10.8 Å². The largest absolute Gasteiger partial charge is 0.467 e. The Labute approximate surface area is 118 Å². The summed E-state index contributed by atoms with van der Waals surface area (Å²) in [6, 6.07) is -0.523. The number of oxazole rings is 1. The fourth-order valence-corrected chi connectivity index (χ4v) is 2.24. The summed E-state index contributed by atoms with van der Waals surface area (Å²) in [7, 11) is 1.32. The zero-order chi connectivity index (χ0) is 14.9. The molecule has 2 rings (SSSR count). The second-order valence-corrected chi connectivity index (χ2v) is 5.36. The van der Waals surface area contributed by atoms with E-state index in [1.54, 1.807) is 11.8 Å². The monoisotopic (exact) mass is 280 g/mol. The van der Waals surface area contributed by atoms with Crippen molar-refractivity contribution in [2.45, 2.75) is 51.6 Å². The number of hydrogen-bond acceptors (Lipinski definition) is 5. The molecule has 0 bridgehead atoms. The molecule has 1 amide bonds.